The van der Waals surface area contributed by atoms with E-state index in [1.807, 2.05) is 44.4 Å². The first-order valence-corrected chi connectivity index (χ1v) is 6.81. The Morgan fingerprint density at radius 1 is 1.10 bits per heavy atom. The van der Waals surface area contributed by atoms with Crippen molar-refractivity contribution in [3.63, 3.8) is 0 Å². The van der Waals surface area contributed by atoms with Gasteiger partial charge in [0.05, 0.1) is 0 Å². The highest BCUT2D eigenvalue weighted by Crippen LogP contribution is 2.26. The lowest BCUT2D eigenvalue weighted by atomic mass is 10.0. The third kappa shape index (κ3) is 3.31. The van der Waals surface area contributed by atoms with Crippen LogP contribution in [0.1, 0.15) is 17.2 Å². The molecule has 0 spiro atoms. The molecule has 0 aromatic heterocycles. The predicted octanol–water partition coefficient (Wildman–Crippen LogP) is 3.14. The molecule has 0 bridgehead atoms. The topological polar surface area (TPSA) is 38.5 Å². The fraction of sp³-hybridized carbons (Fsp3) is 0.294. The molecule has 1 unspecified atom stereocenters. The lowest BCUT2D eigenvalue weighted by Crippen LogP contribution is -2.19. The molecule has 1 atom stereocenters. The van der Waals surface area contributed by atoms with Gasteiger partial charge in [0.25, 0.3) is 0 Å². The van der Waals surface area contributed by atoms with Crippen molar-refractivity contribution in [2.75, 3.05) is 25.5 Å². The van der Waals surface area contributed by atoms with Gasteiger partial charge in [-0.2, -0.15) is 0 Å². The van der Waals surface area contributed by atoms with Crippen LogP contribution in [-0.4, -0.2) is 20.6 Å². The van der Waals surface area contributed by atoms with E-state index in [0.29, 0.717) is 6.54 Å². The minimum atomic E-state index is -0.117. The van der Waals surface area contributed by atoms with E-state index >= 15 is 0 Å². The second kappa shape index (κ2) is 6.44. The molecule has 0 saturated carbocycles. The van der Waals surface area contributed by atoms with Crippen LogP contribution in [0.2, 0.25) is 0 Å². The normalized spacial score (nSPS) is 12.0. The number of benzene rings is 2. The van der Waals surface area contributed by atoms with Crippen molar-refractivity contribution in [3.05, 3.63) is 59.7 Å². The largest absolute Gasteiger partial charge is 0.484 e. The molecule has 3 heteroatoms. The van der Waals surface area contributed by atoms with Crippen LogP contribution >= 0.6 is 0 Å². The van der Waals surface area contributed by atoms with Gasteiger partial charge in [0.15, 0.2) is 0 Å². The van der Waals surface area contributed by atoms with Crippen LogP contribution in [0.5, 0.6) is 5.75 Å². The molecule has 2 N–H and O–H groups in total. The number of anilines is 1. The second-order valence-corrected chi connectivity index (χ2v) is 5.09. The fourth-order valence-electron chi connectivity index (χ4n) is 2.19. The molecule has 0 heterocycles. The number of hydrogen-bond acceptors (Lipinski definition) is 3. The molecule has 0 fully saturated rings. The van der Waals surface area contributed by atoms with Crippen molar-refractivity contribution >= 4 is 5.69 Å². The SMILES string of the molecule is Cc1ccccc1C(CN)Oc1cccc(N(C)C)c1. The van der Waals surface area contributed by atoms with E-state index in [0.717, 1.165) is 17.0 Å². The number of nitrogens with two attached hydrogens (primary N) is 1. The Morgan fingerprint density at radius 2 is 1.85 bits per heavy atom. The van der Waals surface area contributed by atoms with Crippen LogP contribution in [0.15, 0.2) is 48.5 Å². The monoisotopic (exact) mass is 270 g/mol. The lowest BCUT2D eigenvalue weighted by molar-refractivity contribution is 0.213. The summed E-state index contributed by atoms with van der Waals surface area (Å²) in [5.74, 6) is 0.843. The van der Waals surface area contributed by atoms with E-state index in [1.54, 1.807) is 0 Å². The van der Waals surface area contributed by atoms with Gasteiger partial charge >= 0.3 is 0 Å². The fourth-order valence-corrected chi connectivity index (χ4v) is 2.19. The quantitative estimate of drug-likeness (QED) is 0.907. The van der Waals surface area contributed by atoms with Gasteiger partial charge in [-0.3, -0.25) is 0 Å². The van der Waals surface area contributed by atoms with E-state index in [4.69, 9.17) is 10.5 Å². The van der Waals surface area contributed by atoms with Crippen LogP contribution in [0.4, 0.5) is 5.69 Å². The van der Waals surface area contributed by atoms with Crippen LogP contribution in [0, 0.1) is 6.92 Å². The molecule has 0 radical (unpaired) electrons. The van der Waals surface area contributed by atoms with Gasteiger partial charge in [-0.05, 0) is 30.2 Å². The molecule has 0 aliphatic carbocycles. The summed E-state index contributed by atoms with van der Waals surface area (Å²) in [6, 6.07) is 16.2. The Bertz CT molecular complexity index is 566. The Kier molecular flexibility index (Phi) is 4.64. The minimum Gasteiger partial charge on any atom is -0.484 e. The van der Waals surface area contributed by atoms with Crippen LogP contribution in [0.25, 0.3) is 0 Å². The molecule has 106 valence electrons. The number of nitrogens with zero attached hydrogens (tertiary/aromatic N) is 1. The van der Waals surface area contributed by atoms with Gasteiger partial charge in [-0.25, -0.2) is 0 Å². The van der Waals surface area contributed by atoms with E-state index < -0.39 is 0 Å². The van der Waals surface area contributed by atoms with Gasteiger partial charge < -0.3 is 15.4 Å². The van der Waals surface area contributed by atoms with Crippen molar-refractivity contribution in [1.29, 1.82) is 0 Å². The number of rotatable bonds is 5. The summed E-state index contributed by atoms with van der Waals surface area (Å²) in [4.78, 5) is 2.05. The highest BCUT2D eigenvalue weighted by molar-refractivity contribution is 5.49. The highest BCUT2D eigenvalue weighted by atomic mass is 16.5. The van der Waals surface area contributed by atoms with E-state index in [2.05, 4.69) is 30.0 Å². The maximum absolute atomic E-state index is 6.07. The average molecular weight is 270 g/mol. The molecular formula is C17H22N2O. The first kappa shape index (κ1) is 14.4. The second-order valence-electron chi connectivity index (χ2n) is 5.09. The maximum atomic E-state index is 6.07. The predicted molar refractivity (Wildman–Crippen MR) is 84.4 cm³/mol. The molecular weight excluding hydrogens is 248 g/mol. The van der Waals surface area contributed by atoms with Gasteiger partial charge in [0, 0.05) is 32.4 Å². The van der Waals surface area contributed by atoms with Crippen molar-refractivity contribution in [1.82, 2.24) is 0 Å². The van der Waals surface area contributed by atoms with Crippen LogP contribution in [0.3, 0.4) is 0 Å². The summed E-state index contributed by atoms with van der Waals surface area (Å²) in [7, 11) is 4.03. The summed E-state index contributed by atoms with van der Waals surface area (Å²) in [6.07, 6.45) is -0.117. The zero-order valence-corrected chi connectivity index (χ0v) is 12.3. The highest BCUT2D eigenvalue weighted by Gasteiger charge is 2.13. The zero-order valence-electron chi connectivity index (χ0n) is 12.3. The van der Waals surface area contributed by atoms with Crippen LogP contribution in [-0.2, 0) is 0 Å². The number of ether oxygens (including phenoxy) is 1. The summed E-state index contributed by atoms with van der Waals surface area (Å²) >= 11 is 0. The van der Waals surface area contributed by atoms with E-state index in [1.165, 1.54) is 5.56 Å². The van der Waals surface area contributed by atoms with Crippen molar-refractivity contribution < 1.29 is 4.74 Å². The Labute approximate surface area is 121 Å². The van der Waals surface area contributed by atoms with Gasteiger partial charge in [0.1, 0.15) is 11.9 Å². The van der Waals surface area contributed by atoms with Gasteiger partial charge in [-0.1, -0.05) is 30.3 Å². The third-order valence-corrected chi connectivity index (χ3v) is 3.36. The van der Waals surface area contributed by atoms with Gasteiger partial charge in [-0.15, -0.1) is 0 Å². The van der Waals surface area contributed by atoms with E-state index in [-0.39, 0.29) is 6.10 Å². The zero-order chi connectivity index (χ0) is 14.5. The van der Waals surface area contributed by atoms with Crippen molar-refractivity contribution in [2.45, 2.75) is 13.0 Å². The Morgan fingerprint density at radius 3 is 2.50 bits per heavy atom. The molecule has 2 aromatic rings. The molecule has 20 heavy (non-hydrogen) atoms. The maximum Gasteiger partial charge on any atom is 0.136 e. The minimum absolute atomic E-state index is 0.117. The van der Waals surface area contributed by atoms with Crippen LogP contribution < -0.4 is 15.4 Å². The van der Waals surface area contributed by atoms with E-state index in [9.17, 15) is 0 Å². The summed E-state index contributed by atoms with van der Waals surface area (Å²) in [5.41, 5.74) is 9.34. The molecule has 2 rings (SSSR count). The Balaban J connectivity index is 2.23. The first-order chi connectivity index (χ1) is 9.61. The summed E-state index contributed by atoms with van der Waals surface area (Å²) < 4.78 is 6.07. The molecule has 0 saturated heterocycles. The van der Waals surface area contributed by atoms with Crippen molar-refractivity contribution in [3.8, 4) is 5.75 Å². The smallest absolute Gasteiger partial charge is 0.136 e. The standard InChI is InChI=1S/C17H22N2O/c1-13-7-4-5-10-16(13)17(12-18)20-15-9-6-8-14(11-15)19(2)3/h4-11,17H,12,18H2,1-3H3. The number of hydrogen-bond donors (Lipinski definition) is 1. The average Bonchev–Trinajstić information content (AvgIpc) is 2.46. The summed E-state index contributed by atoms with van der Waals surface area (Å²) in [6.45, 7) is 2.54. The molecule has 0 aliphatic rings. The molecule has 3 nitrogen and oxygen atoms in total. The third-order valence-electron chi connectivity index (χ3n) is 3.36. The summed E-state index contributed by atoms with van der Waals surface area (Å²) in [5, 5.41) is 0. The molecule has 2 aromatic carbocycles. The molecule has 0 amide bonds. The first-order valence-electron chi connectivity index (χ1n) is 6.81. The Hall–Kier alpha value is -2.00. The lowest BCUT2D eigenvalue weighted by Gasteiger charge is -2.21. The van der Waals surface area contributed by atoms with Crippen molar-refractivity contribution in [2.24, 2.45) is 5.73 Å². The molecule has 0 aliphatic heterocycles. The van der Waals surface area contributed by atoms with Gasteiger partial charge in [0.2, 0.25) is 0 Å². The number of aryl methyl sites for hydroxylation is 1.